The molecule has 0 heterocycles. The molecule has 6 heteroatoms. The maximum Gasteiger partial charge on any atom is 0.126 e. The van der Waals surface area contributed by atoms with Gasteiger partial charge in [0.05, 0.1) is 0 Å². The summed E-state index contributed by atoms with van der Waals surface area (Å²) in [5, 5.41) is 3.37. The van der Waals surface area contributed by atoms with Crippen LogP contribution in [0.5, 0.6) is 0 Å². The largest absolute Gasteiger partial charge is 0.389 e. The van der Waals surface area contributed by atoms with E-state index in [-0.39, 0.29) is 4.99 Å². The predicted octanol–water partition coefficient (Wildman–Crippen LogP) is 4.62. The van der Waals surface area contributed by atoms with Crippen molar-refractivity contribution in [3.63, 3.8) is 0 Å². The number of benzene rings is 2. The molecule has 0 saturated carbocycles. The first kappa shape index (κ1) is 14.2. The van der Waals surface area contributed by atoms with E-state index >= 15 is 0 Å². The molecular weight excluding hydrogens is 351 g/mol. The number of rotatable bonds is 3. The van der Waals surface area contributed by atoms with Crippen molar-refractivity contribution in [2.45, 2.75) is 0 Å². The first-order valence-electron chi connectivity index (χ1n) is 5.29. The lowest BCUT2D eigenvalue weighted by Gasteiger charge is -2.13. The highest BCUT2D eigenvalue weighted by atomic mass is 79.9. The fourth-order valence-corrected chi connectivity index (χ4v) is 2.81. The second-order valence-electron chi connectivity index (χ2n) is 3.81. The van der Waals surface area contributed by atoms with Gasteiger partial charge in [-0.3, -0.25) is 0 Å². The number of halogens is 3. The lowest BCUT2D eigenvalue weighted by atomic mass is 10.1. The SMILES string of the molecule is NC(=S)c1c(Br)cccc1Nc1cc(F)cc(Cl)c1. The first-order chi connectivity index (χ1) is 8.97. The number of hydrogen-bond donors (Lipinski definition) is 2. The van der Waals surface area contributed by atoms with Gasteiger partial charge in [0, 0.05) is 26.4 Å². The Morgan fingerprint density at radius 3 is 2.68 bits per heavy atom. The van der Waals surface area contributed by atoms with E-state index in [9.17, 15) is 4.39 Å². The number of anilines is 2. The number of hydrogen-bond acceptors (Lipinski definition) is 2. The van der Waals surface area contributed by atoms with Gasteiger partial charge in [-0.2, -0.15) is 0 Å². The Labute approximate surface area is 128 Å². The van der Waals surface area contributed by atoms with Gasteiger partial charge in [0.1, 0.15) is 10.8 Å². The second kappa shape index (κ2) is 5.86. The highest BCUT2D eigenvalue weighted by Gasteiger charge is 2.10. The summed E-state index contributed by atoms with van der Waals surface area (Å²) in [7, 11) is 0. The summed E-state index contributed by atoms with van der Waals surface area (Å²) in [6.07, 6.45) is 0. The van der Waals surface area contributed by atoms with Crippen LogP contribution in [0.25, 0.3) is 0 Å². The highest BCUT2D eigenvalue weighted by Crippen LogP contribution is 2.28. The molecule has 0 saturated heterocycles. The van der Waals surface area contributed by atoms with Crippen LogP contribution >= 0.6 is 39.7 Å². The molecule has 2 nitrogen and oxygen atoms in total. The third-order valence-electron chi connectivity index (χ3n) is 2.40. The van der Waals surface area contributed by atoms with Crippen LogP contribution in [0.15, 0.2) is 40.9 Å². The fraction of sp³-hybridized carbons (Fsp3) is 0. The van der Waals surface area contributed by atoms with Gasteiger partial charge < -0.3 is 11.1 Å². The second-order valence-corrected chi connectivity index (χ2v) is 5.54. The molecule has 2 aromatic rings. The molecule has 2 aromatic carbocycles. The normalized spacial score (nSPS) is 10.3. The summed E-state index contributed by atoms with van der Waals surface area (Å²) in [5.74, 6) is -0.415. The molecule has 19 heavy (non-hydrogen) atoms. The molecule has 0 radical (unpaired) electrons. The van der Waals surface area contributed by atoms with E-state index in [4.69, 9.17) is 29.6 Å². The van der Waals surface area contributed by atoms with E-state index < -0.39 is 5.82 Å². The highest BCUT2D eigenvalue weighted by molar-refractivity contribution is 9.10. The van der Waals surface area contributed by atoms with Crippen LogP contribution < -0.4 is 11.1 Å². The minimum absolute atomic E-state index is 0.248. The van der Waals surface area contributed by atoms with Crippen LogP contribution in [0.2, 0.25) is 5.02 Å². The molecule has 0 spiro atoms. The molecular formula is C13H9BrClFN2S. The van der Waals surface area contributed by atoms with Gasteiger partial charge in [-0.25, -0.2) is 4.39 Å². The Bertz CT molecular complexity index is 628. The third kappa shape index (κ3) is 3.43. The number of nitrogens with two attached hydrogens (primary N) is 1. The molecule has 0 aliphatic rings. The van der Waals surface area contributed by atoms with E-state index in [1.54, 1.807) is 12.1 Å². The summed E-state index contributed by atoms with van der Waals surface area (Å²) < 4.78 is 14.1. The maximum atomic E-state index is 13.3. The fourth-order valence-electron chi connectivity index (χ4n) is 1.66. The van der Waals surface area contributed by atoms with Crippen molar-refractivity contribution in [1.29, 1.82) is 0 Å². The van der Waals surface area contributed by atoms with Gasteiger partial charge in [0.15, 0.2) is 0 Å². The smallest absolute Gasteiger partial charge is 0.126 e. The van der Waals surface area contributed by atoms with Gasteiger partial charge in [-0.15, -0.1) is 0 Å². The van der Waals surface area contributed by atoms with Crippen molar-refractivity contribution in [3.8, 4) is 0 Å². The Kier molecular flexibility index (Phi) is 4.39. The summed E-state index contributed by atoms with van der Waals surface area (Å²) >= 11 is 14.2. The van der Waals surface area contributed by atoms with Gasteiger partial charge in [-0.1, -0.05) is 29.9 Å². The Morgan fingerprint density at radius 1 is 1.32 bits per heavy atom. The van der Waals surface area contributed by atoms with Crippen molar-refractivity contribution in [3.05, 3.63) is 57.3 Å². The Hall–Kier alpha value is -1.17. The van der Waals surface area contributed by atoms with Gasteiger partial charge >= 0.3 is 0 Å². The van der Waals surface area contributed by atoms with Crippen molar-refractivity contribution in [2.75, 3.05) is 5.32 Å². The monoisotopic (exact) mass is 358 g/mol. The van der Waals surface area contributed by atoms with Gasteiger partial charge in [0.2, 0.25) is 0 Å². The van der Waals surface area contributed by atoms with Gasteiger partial charge in [0.25, 0.3) is 0 Å². The lowest BCUT2D eigenvalue weighted by Crippen LogP contribution is -2.12. The molecule has 0 amide bonds. The first-order valence-corrected chi connectivity index (χ1v) is 6.87. The van der Waals surface area contributed by atoms with E-state index in [2.05, 4.69) is 21.2 Å². The number of thiocarbonyl (C=S) groups is 1. The van der Waals surface area contributed by atoms with Crippen molar-refractivity contribution < 1.29 is 4.39 Å². The van der Waals surface area contributed by atoms with Crippen molar-refractivity contribution in [2.24, 2.45) is 5.73 Å². The summed E-state index contributed by atoms with van der Waals surface area (Å²) in [5.41, 5.74) is 7.57. The number of nitrogens with one attached hydrogen (secondary N) is 1. The zero-order chi connectivity index (χ0) is 14.0. The van der Waals surface area contributed by atoms with Crippen molar-refractivity contribution >= 4 is 56.1 Å². The van der Waals surface area contributed by atoms with Crippen LogP contribution in [0.4, 0.5) is 15.8 Å². The standard InChI is InChI=1S/C13H9BrClFN2S/c14-10-2-1-3-11(12(10)13(17)19)18-9-5-7(15)4-8(16)6-9/h1-6,18H,(H2,17,19). The van der Waals surface area contributed by atoms with Crippen LogP contribution in [0, 0.1) is 5.82 Å². The molecule has 0 aliphatic heterocycles. The zero-order valence-electron chi connectivity index (χ0n) is 9.58. The molecule has 98 valence electrons. The average Bonchev–Trinajstić information content (AvgIpc) is 2.26. The van der Waals surface area contributed by atoms with Crippen LogP contribution in [-0.2, 0) is 0 Å². The quantitative estimate of drug-likeness (QED) is 0.785. The predicted molar refractivity (Wildman–Crippen MR) is 84.7 cm³/mol. The van der Waals surface area contributed by atoms with E-state index in [1.807, 2.05) is 12.1 Å². The Morgan fingerprint density at radius 2 is 2.05 bits per heavy atom. The Balaban J connectivity index is 2.43. The third-order valence-corrected chi connectivity index (χ3v) is 3.48. The molecule has 0 aliphatic carbocycles. The summed E-state index contributed by atoms with van der Waals surface area (Å²) in [6.45, 7) is 0. The summed E-state index contributed by atoms with van der Waals surface area (Å²) in [4.78, 5) is 0.248. The van der Waals surface area contributed by atoms with E-state index in [0.29, 0.717) is 22.0 Å². The summed E-state index contributed by atoms with van der Waals surface area (Å²) in [6, 6.07) is 9.67. The minimum Gasteiger partial charge on any atom is -0.389 e. The van der Waals surface area contributed by atoms with Crippen LogP contribution in [0.1, 0.15) is 5.56 Å². The molecule has 0 unspecified atom stereocenters. The molecule has 0 bridgehead atoms. The molecule has 0 atom stereocenters. The van der Waals surface area contributed by atoms with Crippen LogP contribution in [-0.4, -0.2) is 4.99 Å². The topological polar surface area (TPSA) is 38.0 Å². The van der Waals surface area contributed by atoms with E-state index in [0.717, 1.165) is 4.47 Å². The molecule has 0 fully saturated rings. The maximum absolute atomic E-state index is 13.3. The molecule has 3 N–H and O–H groups in total. The van der Waals surface area contributed by atoms with Crippen LogP contribution in [0.3, 0.4) is 0 Å². The minimum atomic E-state index is -0.415. The average molecular weight is 360 g/mol. The van der Waals surface area contributed by atoms with Gasteiger partial charge in [-0.05, 0) is 46.3 Å². The lowest BCUT2D eigenvalue weighted by molar-refractivity contribution is 0.628. The van der Waals surface area contributed by atoms with Crippen molar-refractivity contribution in [1.82, 2.24) is 0 Å². The molecule has 2 rings (SSSR count). The zero-order valence-corrected chi connectivity index (χ0v) is 12.7. The molecule has 0 aromatic heterocycles. The van der Waals surface area contributed by atoms with E-state index in [1.165, 1.54) is 12.1 Å².